The number of aromatic nitrogens is 5. The molecule has 1 aliphatic carbocycles. The van der Waals surface area contributed by atoms with E-state index in [0.717, 1.165) is 51.9 Å². The molecule has 19 heteroatoms. The van der Waals surface area contributed by atoms with Gasteiger partial charge in [-0.1, -0.05) is 23.0 Å². The maximum absolute atomic E-state index is 13.3. The average Bonchev–Trinajstić information content (AvgIpc) is 3.58. The van der Waals surface area contributed by atoms with Crippen molar-refractivity contribution in [3.63, 3.8) is 0 Å². The standard InChI is InChI=1S/C22H23N9O7S3/c23-21-24-12(9-40-21)14(27-38-11-4-2-1-3-5-11)17(34)25-15-18(35)31-16(20(36)37)10(7-39-19(15)31)8-41-22-26-28-29-30(22)6-13(32)33/h2,4,9,11,15,19H,1,3,5-8H2,(H2,23,24)(H,25,34)(H,32,33)(H,36,37)/b27-14-/t11?,15?,19-/m1/s1. The zero-order valence-corrected chi connectivity index (χ0v) is 23.5. The van der Waals surface area contributed by atoms with Gasteiger partial charge in [0.15, 0.2) is 10.8 Å². The second-order valence-electron chi connectivity index (χ2n) is 8.93. The highest BCUT2D eigenvalue weighted by molar-refractivity contribution is 8.01. The fraction of sp³-hybridized carbons (Fsp3) is 0.409. The van der Waals surface area contributed by atoms with Crippen LogP contribution in [0.4, 0.5) is 5.13 Å². The van der Waals surface area contributed by atoms with Gasteiger partial charge in [0.2, 0.25) is 5.16 Å². The Labute approximate surface area is 244 Å². The molecule has 4 heterocycles. The summed E-state index contributed by atoms with van der Waals surface area (Å²) in [5, 5.41) is 37.8. The van der Waals surface area contributed by atoms with Gasteiger partial charge in [0, 0.05) is 16.9 Å². The van der Waals surface area contributed by atoms with E-state index in [1.54, 1.807) is 5.38 Å². The molecule has 2 aromatic heterocycles. The Morgan fingerprint density at radius 1 is 1.32 bits per heavy atom. The fourth-order valence-corrected chi connectivity index (χ4v) is 7.18. The van der Waals surface area contributed by atoms with Gasteiger partial charge in [0.05, 0.1) is 0 Å². The highest BCUT2D eigenvalue weighted by Crippen LogP contribution is 2.41. The number of carboxylic acid groups (broad SMARTS) is 2. The molecule has 216 valence electrons. The number of carbonyl (C=O) groups is 4. The number of β-lactam (4-membered cyclic amide) rings is 1. The summed E-state index contributed by atoms with van der Waals surface area (Å²) < 4.78 is 1.08. The normalized spacial score (nSPS) is 22.2. The van der Waals surface area contributed by atoms with Crippen molar-refractivity contribution in [2.24, 2.45) is 5.16 Å². The molecule has 5 rings (SSSR count). The summed E-state index contributed by atoms with van der Waals surface area (Å²) in [7, 11) is 0. The molecule has 3 atom stereocenters. The van der Waals surface area contributed by atoms with Crippen LogP contribution < -0.4 is 11.1 Å². The summed E-state index contributed by atoms with van der Waals surface area (Å²) in [6.45, 7) is -0.454. The zero-order valence-electron chi connectivity index (χ0n) is 21.1. The molecule has 2 amide bonds. The molecule has 0 bridgehead atoms. The van der Waals surface area contributed by atoms with Crippen molar-refractivity contribution in [1.82, 2.24) is 35.4 Å². The number of hydrogen-bond donors (Lipinski definition) is 4. The summed E-state index contributed by atoms with van der Waals surface area (Å²) in [5.41, 5.74) is 6.04. The molecule has 5 N–H and O–H groups in total. The van der Waals surface area contributed by atoms with Crippen molar-refractivity contribution in [1.29, 1.82) is 0 Å². The monoisotopic (exact) mass is 621 g/mol. The first-order valence-electron chi connectivity index (χ1n) is 12.2. The summed E-state index contributed by atoms with van der Waals surface area (Å²) in [6, 6.07) is -1.00. The minimum absolute atomic E-state index is 0.108. The zero-order chi connectivity index (χ0) is 29.1. The third-order valence-corrected chi connectivity index (χ3v) is 9.22. The van der Waals surface area contributed by atoms with E-state index in [1.807, 2.05) is 12.2 Å². The molecular weight excluding hydrogens is 598 g/mol. The van der Waals surface area contributed by atoms with Crippen LogP contribution in [-0.2, 0) is 30.6 Å². The number of tetrazole rings is 1. The van der Waals surface area contributed by atoms with Crippen LogP contribution in [0.2, 0.25) is 0 Å². The summed E-state index contributed by atoms with van der Waals surface area (Å²) in [4.78, 5) is 60.5. The van der Waals surface area contributed by atoms with Crippen molar-refractivity contribution < 1.29 is 34.2 Å². The molecule has 3 aliphatic rings. The molecule has 0 radical (unpaired) electrons. The second-order valence-corrected chi connectivity index (χ2v) is 11.9. The van der Waals surface area contributed by atoms with Crippen molar-refractivity contribution >= 4 is 69.5 Å². The number of amides is 2. The van der Waals surface area contributed by atoms with Gasteiger partial charge in [-0.05, 0) is 41.3 Å². The molecule has 0 saturated carbocycles. The number of thiazole rings is 1. The van der Waals surface area contributed by atoms with Crippen LogP contribution in [0.25, 0.3) is 0 Å². The van der Waals surface area contributed by atoms with E-state index in [-0.39, 0.29) is 45.0 Å². The molecule has 2 aliphatic heterocycles. The minimum Gasteiger partial charge on any atom is -0.480 e. The first-order chi connectivity index (χ1) is 19.7. The number of rotatable bonds is 11. The number of nitrogen functional groups attached to an aromatic ring is 1. The van der Waals surface area contributed by atoms with Crippen LogP contribution in [-0.4, -0.2) is 98.8 Å². The van der Waals surface area contributed by atoms with E-state index in [2.05, 4.69) is 31.0 Å². The number of thioether (sulfide) groups is 2. The number of anilines is 1. The second kappa shape index (κ2) is 12.3. The van der Waals surface area contributed by atoms with Crippen molar-refractivity contribution in [2.45, 2.75) is 48.5 Å². The summed E-state index contributed by atoms with van der Waals surface area (Å²) >= 11 is 3.46. The largest absolute Gasteiger partial charge is 0.480 e. The molecule has 16 nitrogen and oxygen atoms in total. The Morgan fingerprint density at radius 2 is 2.15 bits per heavy atom. The van der Waals surface area contributed by atoms with Crippen LogP contribution in [0, 0.1) is 0 Å². The van der Waals surface area contributed by atoms with Gasteiger partial charge in [-0.15, -0.1) is 28.2 Å². The Balaban J connectivity index is 1.29. The van der Waals surface area contributed by atoms with E-state index in [4.69, 9.17) is 15.7 Å². The van der Waals surface area contributed by atoms with Crippen molar-refractivity contribution in [3.8, 4) is 0 Å². The highest BCUT2D eigenvalue weighted by Gasteiger charge is 2.54. The van der Waals surface area contributed by atoms with Gasteiger partial charge >= 0.3 is 11.9 Å². The quantitative estimate of drug-likeness (QED) is 0.0861. The Kier molecular flexibility index (Phi) is 8.54. The SMILES string of the molecule is Nc1nc(/C(=N/OC2C=CCCC2)C(=O)NC2C(=O)N3C(C(=O)O)=C(CSc4nnnn4CC(=O)O)CS[C@H]23)cs1. The van der Waals surface area contributed by atoms with Crippen molar-refractivity contribution in [3.05, 3.63) is 34.5 Å². The Hall–Kier alpha value is -3.97. The number of aliphatic carboxylic acids is 2. The van der Waals surface area contributed by atoms with Gasteiger partial charge in [0.1, 0.15) is 35.5 Å². The molecule has 41 heavy (non-hydrogen) atoms. The smallest absolute Gasteiger partial charge is 0.352 e. The first-order valence-corrected chi connectivity index (χ1v) is 15.1. The number of fused-ring (bicyclic) bond motifs is 1. The van der Waals surface area contributed by atoms with E-state index < -0.39 is 41.7 Å². The van der Waals surface area contributed by atoms with Crippen LogP contribution in [0.5, 0.6) is 0 Å². The maximum atomic E-state index is 13.3. The van der Waals surface area contributed by atoms with Gasteiger partial charge < -0.3 is 26.1 Å². The molecule has 0 aromatic carbocycles. The molecule has 1 saturated heterocycles. The number of nitrogens with one attached hydrogen (secondary N) is 1. The lowest BCUT2D eigenvalue weighted by Gasteiger charge is -2.49. The van der Waals surface area contributed by atoms with Gasteiger partial charge in [-0.3, -0.25) is 19.3 Å². The third kappa shape index (κ3) is 6.20. The number of carbonyl (C=O) groups excluding carboxylic acids is 2. The van der Waals surface area contributed by atoms with Crippen molar-refractivity contribution in [2.75, 3.05) is 17.2 Å². The molecule has 2 aromatic rings. The topological polar surface area (TPSA) is 228 Å². The van der Waals surface area contributed by atoms with E-state index in [0.29, 0.717) is 5.57 Å². The highest BCUT2D eigenvalue weighted by atomic mass is 32.2. The lowest BCUT2D eigenvalue weighted by atomic mass is 10.0. The van der Waals surface area contributed by atoms with Crippen LogP contribution in [0.3, 0.4) is 0 Å². The lowest BCUT2D eigenvalue weighted by molar-refractivity contribution is -0.150. The fourth-order valence-electron chi connectivity index (χ4n) is 4.27. The summed E-state index contributed by atoms with van der Waals surface area (Å²) in [5.74, 6) is -3.39. The number of oxime groups is 1. The number of allylic oxidation sites excluding steroid dienone is 1. The average molecular weight is 622 g/mol. The van der Waals surface area contributed by atoms with Gasteiger partial charge in [-0.25, -0.2) is 14.5 Å². The first kappa shape index (κ1) is 28.6. The predicted molar refractivity (Wildman–Crippen MR) is 147 cm³/mol. The Bertz CT molecular complexity index is 1470. The Morgan fingerprint density at radius 3 is 2.83 bits per heavy atom. The number of nitrogens with zero attached hydrogens (tertiary/aromatic N) is 7. The van der Waals surface area contributed by atoms with Crippen LogP contribution in [0.1, 0.15) is 25.0 Å². The lowest BCUT2D eigenvalue weighted by Crippen LogP contribution is -2.71. The van der Waals surface area contributed by atoms with Crippen LogP contribution in [0.15, 0.2) is 39.1 Å². The summed E-state index contributed by atoms with van der Waals surface area (Å²) in [6.07, 6.45) is 6.14. The number of nitrogens with two attached hydrogens (primary N) is 1. The van der Waals surface area contributed by atoms with Crippen LogP contribution >= 0.6 is 34.9 Å². The molecule has 1 fully saturated rings. The van der Waals surface area contributed by atoms with E-state index in [9.17, 15) is 24.3 Å². The molecule has 0 spiro atoms. The minimum atomic E-state index is -1.30. The molecular formula is C22H23N9O7S3. The number of hydrogen-bond acceptors (Lipinski definition) is 14. The van der Waals surface area contributed by atoms with Gasteiger partial charge in [-0.2, -0.15) is 0 Å². The van der Waals surface area contributed by atoms with Gasteiger partial charge in [0.25, 0.3) is 11.8 Å². The molecule has 2 unspecified atom stereocenters. The maximum Gasteiger partial charge on any atom is 0.352 e. The number of carboxylic acids is 2. The van der Waals surface area contributed by atoms with E-state index >= 15 is 0 Å². The predicted octanol–water partition coefficient (Wildman–Crippen LogP) is 0.157. The van der Waals surface area contributed by atoms with E-state index in [1.165, 1.54) is 11.8 Å². The third-order valence-electron chi connectivity index (χ3n) is 6.17.